The molecule has 0 aliphatic carbocycles. The summed E-state index contributed by atoms with van der Waals surface area (Å²) in [4.78, 5) is 25.2. The molecule has 1 aromatic carbocycles. The van der Waals surface area contributed by atoms with Gasteiger partial charge in [0.25, 0.3) is 0 Å². The largest absolute Gasteiger partial charge is 0.493 e. The number of ether oxygens (including phenoxy) is 2. The summed E-state index contributed by atoms with van der Waals surface area (Å²) in [6.45, 7) is 1.16. The minimum atomic E-state index is -0.691. The molecule has 0 saturated carbocycles. The molecule has 25 heavy (non-hydrogen) atoms. The first kappa shape index (κ1) is 17.4. The number of rotatable bonds is 7. The average Bonchev–Trinajstić information content (AvgIpc) is 3.30. The summed E-state index contributed by atoms with van der Waals surface area (Å²) >= 11 is 1.58. The van der Waals surface area contributed by atoms with Gasteiger partial charge in [-0.1, -0.05) is 12.1 Å². The van der Waals surface area contributed by atoms with Gasteiger partial charge >= 0.3 is 5.97 Å². The van der Waals surface area contributed by atoms with Gasteiger partial charge in [0.05, 0.1) is 26.8 Å². The summed E-state index contributed by atoms with van der Waals surface area (Å²) in [6.07, 6.45) is 0.818. The van der Waals surface area contributed by atoms with Crippen LogP contribution in [0.2, 0.25) is 0 Å². The third-order valence-corrected chi connectivity index (χ3v) is 4.87. The number of fused-ring (bicyclic) bond motifs is 1. The zero-order valence-corrected chi connectivity index (χ0v) is 14.7. The quantitative estimate of drug-likeness (QED) is 0.737. The standard InChI is InChI=1S/C18H20N2O4S/c1-23-18(22)17(13-4-5-15-12(9-13)6-7-24-15)20-11-16(21)19-10-14-3-2-8-25-14/h2-5,8-9,17,20H,6-7,10-11H2,1H3,(H,19,21). The summed E-state index contributed by atoms with van der Waals surface area (Å²) in [6, 6.07) is 8.82. The number of hydrogen-bond donors (Lipinski definition) is 2. The monoisotopic (exact) mass is 360 g/mol. The van der Waals surface area contributed by atoms with E-state index in [1.807, 2.05) is 35.7 Å². The zero-order chi connectivity index (χ0) is 17.6. The molecule has 2 aromatic rings. The third-order valence-electron chi connectivity index (χ3n) is 3.99. The molecule has 1 aliphatic rings. The second-order valence-electron chi connectivity index (χ2n) is 5.66. The van der Waals surface area contributed by atoms with E-state index in [1.165, 1.54) is 7.11 Å². The predicted molar refractivity (Wildman–Crippen MR) is 94.6 cm³/mol. The molecule has 1 unspecified atom stereocenters. The van der Waals surface area contributed by atoms with E-state index in [4.69, 9.17) is 9.47 Å². The zero-order valence-electron chi connectivity index (χ0n) is 13.9. The Bertz CT molecular complexity index is 746. The SMILES string of the molecule is COC(=O)C(NCC(=O)NCc1cccs1)c1ccc2c(c1)CCO2. The van der Waals surface area contributed by atoms with Crippen LogP contribution in [0, 0.1) is 0 Å². The Labute approximate surface area is 150 Å². The molecule has 2 heterocycles. The predicted octanol–water partition coefficient (Wildman–Crippen LogP) is 1.80. The lowest BCUT2D eigenvalue weighted by molar-refractivity contribution is -0.143. The van der Waals surface area contributed by atoms with Gasteiger partial charge in [-0.3, -0.25) is 10.1 Å². The normalized spacial score (nSPS) is 13.6. The third kappa shape index (κ3) is 4.37. The van der Waals surface area contributed by atoms with E-state index in [-0.39, 0.29) is 12.5 Å². The second kappa shape index (κ2) is 8.13. The topological polar surface area (TPSA) is 76.7 Å². The average molecular weight is 360 g/mol. The number of hydrogen-bond acceptors (Lipinski definition) is 6. The fourth-order valence-electron chi connectivity index (χ4n) is 2.70. The van der Waals surface area contributed by atoms with Crippen LogP contribution in [-0.4, -0.2) is 32.1 Å². The van der Waals surface area contributed by atoms with Gasteiger partial charge in [0.2, 0.25) is 5.91 Å². The molecular weight excluding hydrogens is 340 g/mol. The van der Waals surface area contributed by atoms with Gasteiger partial charge in [0.15, 0.2) is 0 Å². The van der Waals surface area contributed by atoms with E-state index >= 15 is 0 Å². The Balaban J connectivity index is 1.61. The highest BCUT2D eigenvalue weighted by atomic mass is 32.1. The maximum Gasteiger partial charge on any atom is 0.327 e. The molecule has 0 saturated heterocycles. The van der Waals surface area contributed by atoms with Crippen LogP contribution in [0.5, 0.6) is 5.75 Å². The maximum atomic E-state index is 12.1. The molecular formula is C18H20N2O4S. The molecule has 132 valence electrons. The minimum absolute atomic E-state index is 0.0265. The smallest absolute Gasteiger partial charge is 0.327 e. The van der Waals surface area contributed by atoms with Crippen molar-refractivity contribution < 1.29 is 19.1 Å². The van der Waals surface area contributed by atoms with Crippen LogP contribution in [0.25, 0.3) is 0 Å². The molecule has 1 amide bonds. The Morgan fingerprint density at radius 3 is 3.00 bits per heavy atom. The van der Waals surface area contributed by atoms with Crippen LogP contribution in [0.3, 0.4) is 0 Å². The Morgan fingerprint density at radius 1 is 1.36 bits per heavy atom. The number of carbonyl (C=O) groups excluding carboxylic acids is 2. The lowest BCUT2D eigenvalue weighted by Gasteiger charge is -2.17. The molecule has 1 aromatic heterocycles. The Morgan fingerprint density at radius 2 is 2.24 bits per heavy atom. The first-order valence-corrected chi connectivity index (χ1v) is 8.91. The van der Waals surface area contributed by atoms with Crippen molar-refractivity contribution in [1.82, 2.24) is 10.6 Å². The van der Waals surface area contributed by atoms with Gasteiger partial charge in [-0.05, 0) is 34.7 Å². The first-order chi connectivity index (χ1) is 12.2. The van der Waals surface area contributed by atoms with Crippen LogP contribution in [0.1, 0.15) is 22.0 Å². The number of carbonyl (C=O) groups is 2. The van der Waals surface area contributed by atoms with Crippen molar-refractivity contribution in [2.24, 2.45) is 0 Å². The number of nitrogens with one attached hydrogen (secondary N) is 2. The summed E-state index contributed by atoms with van der Waals surface area (Å²) in [5.74, 6) is 0.248. The molecule has 3 rings (SSSR count). The van der Waals surface area contributed by atoms with Crippen LogP contribution in [0.4, 0.5) is 0 Å². The van der Waals surface area contributed by atoms with Gasteiger partial charge in [0, 0.05) is 11.3 Å². The van der Waals surface area contributed by atoms with Crippen LogP contribution < -0.4 is 15.4 Å². The van der Waals surface area contributed by atoms with Gasteiger partial charge in [0.1, 0.15) is 11.8 Å². The summed E-state index contributed by atoms with van der Waals surface area (Å²) in [5, 5.41) is 7.77. The highest BCUT2D eigenvalue weighted by Gasteiger charge is 2.24. The van der Waals surface area contributed by atoms with Crippen molar-refractivity contribution in [2.45, 2.75) is 19.0 Å². The molecule has 0 fully saturated rings. The van der Waals surface area contributed by atoms with Crippen molar-refractivity contribution in [3.8, 4) is 5.75 Å². The summed E-state index contributed by atoms with van der Waals surface area (Å²) < 4.78 is 10.4. The van der Waals surface area contributed by atoms with Gasteiger partial charge < -0.3 is 14.8 Å². The van der Waals surface area contributed by atoms with E-state index in [0.717, 1.165) is 28.2 Å². The number of methoxy groups -OCH3 is 1. The number of thiophene rings is 1. The van der Waals surface area contributed by atoms with E-state index in [9.17, 15) is 9.59 Å². The van der Waals surface area contributed by atoms with Crippen LogP contribution in [0.15, 0.2) is 35.7 Å². The van der Waals surface area contributed by atoms with E-state index in [0.29, 0.717) is 13.2 Å². The van der Waals surface area contributed by atoms with E-state index in [2.05, 4.69) is 10.6 Å². The molecule has 0 radical (unpaired) electrons. The van der Waals surface area contributed by atoms with Crippen molar-refractivity contribution >= 4 is 23.2 Å². The highest BCUT2D eigenvalue weighted by Crippen LogP contribution is 2.28. The molecule has 0 bridgehead atoms. The van der Waals surface area contributed by atoms with E-state index < -0.39 is 12.0 Å². The fraction of sp³-hybridized carbons (Fsp3) is 0.333. The van der Waals surface area contributed by atoms with E-state index in [1.54, 1.807) is 11.3 Å². The van der Waals surface area contributed by atoms with Gasteiger partial charge in [-0.2, -0.15) is 0 Å². The maximum absolute atomic E-state index is 12.1. The molecule has 1 atom stereocenters. The first-order valence-electron chi connectivity index (χ1n) is 8.03. The van der Waals surface area contributed by atoms with Crippen molar-refractivity contribution in [3.05, 3.63) is 51.7 Å². The molecule has 2 N–H and O–H groups in total. The Kier molecular flexibility index (Phi) is 5.67. The van der Waals surface area contributed by atoms with Gasteiger partial charge in [-0.25, -0.2) is 4.79 Å². The molecule has 1 aliphatic heterocycles. The van der Waals surface area contributed by atoms with Gasteiger partial charge in [-0.15, -0.1) is 11.3 Å². The Hall–Kier alpha value is -2.38. The van der Waals surface area contributed by atoms with Crippen molar-refractivity contribution in [3.63, 3.8) is 0 Å². The highest BCUT2D eigenvalue weighted by molar-refractivity contribution is 7.09. The lowest BCUT2D eigenvalue weighted by Crippen LogP contribution is -2.38. The number of amides is 1. The van der Waals surface area contributed by atoms with Crippen LogP contribution >= 0.6 is 11.3 Å². The fourth-order valence-corrected chi connectivity index (χ4v) is 3.34. The number of esters is 1. The minimum Gasteiger partial charge on any atom is -0.493 e. The summed E-state index contributed by atoms with van der Waals surface area (Å²) in [5.41, 5.74) is 1.83. The second-order valence-corrected chi connectivity index (χ2v) is 6.69. The van der Waals surface area contributed by atoms with Crippen molar-refractivity contribution in [2.75, 3.05) is 20.3 Å². The lowest BCUT2D eigenvalue weighted by atomic mass is 10.0. The molecule has 0 spiro atoms. The number of benzene rings is 1. The van der Waals surface area contributed by atoms with Crippen LogP contribution in [-0.2, 0) is 27.3 Å². The summed E-state index contributed by atoms with van der Waals surface area (Å²) in [7, 11) is 1.34. The molecule has 6 nitrogen and oxygen atoms in total. The van der Waals surface area contributed by atoms with Crippen molar-refractivity contribution in [1.29, 1.82) is 0 Å². The molecule has 7 heteroatoms.